The largest absolute Gasteiger partial charge is 0.333 e. The second kappa shape index (κ2) is 19.6. The van der Waals surface area contributed by atoms with E-state index in [1.165, 1.54) is 46.6 Å². The lowest BCUT2D eigenvalue weighted by molar-refractivity contribution is 0.627. The maximum atomic E-state index is 13.9. The first kappa shape index (κ1) is 46.5. The highest BCUT2D eigenvalue weighted by atomic mass is 19.1. The van der Waals surface area contributed by atoms with Gasteiger partial charge in [0.05, 0.1) is 17.1 Å². The Morgan fingerprint density at radius 2 is 0.718 bits per heavy atom. The predicted molar refractivity (Wildman–Crippen MR) is 320 cm³/mol. The van der Waals surface area contributed by atoms with E-state index in [1.807, 2.05) is 24.3 Å². The molecule has 372 valence electrons. The molecule has 2 aliphatic rings. The summed E-state index contributed by atoms with van der Waals surface area (Å²) in [4.78, 5) is 7.10. The predicted octanol–water partition coefficient (Wildman–Crippen LogP) is 19.7. The monoisotopic (exact) mass is 1010 g/mol. The summed E-state index contributed by atoms with van der Waals surface area (Å²) in [5, 5.41) is 2.35. The highest BCUT2D eigenvalue weighted by Gasteiger charge is 2.38. The van der Waals surface area contributed by atoms with Gasteiger partial charge in [-0.3, -0.25) is 0 Å². The summed E-state index contributed by atoms with van der Waals surface area (Å²) in [6, 6.07) is 91.7. The van der Waals surface area contributed by atoms with Gasteiger partial charge >= 0.3 is 0 Å². The molecule has 0 spiro atoms. The van der Waals surface area contributed by atoms with Crippen molar-refractivity contribution in [2.24, 2.45) is 0 Å². The Balaban J connectivity index is 0.828. The van der Waals surface area contributed by atoms with E-state index in [0.717, 1.165) is 89.6 Å². The Kier molecular flexibility index (Phi) is 11.7. The number of para-hydroxylation sites is 3. The van der Waals surface area contributed by atoms with Gasteiger partial charge in [0.25, 0.3) is 0 Å². The molecule has 78 heavy (non-hydrogen) atoms. The molecule has 2 unspecified atom stereocenters. The molecule has 0 radical (unpaired) electrons. The first-order chi connectivity index (χ1) is 38.5. The molecule has 0 bridgehead atoms. The lowest BCUT2D eigenvalue weighted by atomic mass is 9.91. The van der Waals surface area contributed by atoms with Gasteiger partial charge in [-0.05, 0) is 178 Å². The zero-order chi connectivity index (χ0) is 52.1. The number of allylic oxidation sites excluding steroid dienone is 2. The van der Waals surface area contributed by atoms with E-state index in [-0.39, 0.29) is 23.6 Å². The fourth-order valence-corrected chi connectivity index (χ4v) is 11.7. The molecule has 1 aliphatic carbocycles. The molecule has 0 fully saturated rings. The second-order valence-corrected chi connectivity index (χ2v) is 20.0. The molecule has 0 N–H and O–H groups in total. The molecule has 0 saturated carbocycles. The smallest absolute Gasteiger partial charge is 0.123 e. The van der Waals surface area contributed by atoms with Crippen LogP contribution in [0, 0.1) is 11.6 Å². The zero-order valence-corrected chi connectivity index (χ0v) is 42.4. The van der Waals surface area contributed by atoms with Crippen molar-refractivity contribution in [1.82, 2.24) is 4.57 Å². The lowest BCUT2D eigenvalue weighted by Gasteiger charge is -2.28. The summed E-state index contributed by atoms with van der Waals surface area (Å²) >= 11 is 0. The highest BCUT2D eigenvalue weighted by molar-refractivity contribution is 6.10. The standard InChI is InChI=1S/C72H50F2N4/c73-55-31-19-49(20-32-55)51-23-35-59(36-24-51)75(63-43-45-71-67(47-63)65-15-7-9-17-69(65)77(71)57-11-3-1-4-12-57)61-39-27-53(28-40-61)54-29-41-62(42-30-54)76(60-37-25-52(26-38-60)50-21-33-56(74)34-22-50)64-44-46-72-68(48-64)66-16-8-10-18-70(66)78(72)58-13-5-2-6-14-58/h1-48,65,69H. The molecule has 4 nitrogen and oxygen atoms in total. The van der Waals surface area contributed by atoms with Gasteiger partial charge in [-0.15, -0.1) is 0 Å². The van der Waals surface area contributed by atoms with Gasteiger partial charge in [0, 0.05) is 67.9 Å². The summed E-state index contributed by atoms with van der Waals surface area (Å²) < 4.78 is 30.2. The average Bonchev–Trinajstić information content (AvgIpc) is 4.25. The summed E-state index contributed by atoms with van der Waals surface area (Å²) in [6.07, 6.45) is 8.97. The number of aromatic nitrogens is 1. The number of hydrogen-bond acceptors (Lipinski definition) is 3. The van der Waals surface area contributed by atoms with Gasteiger partial charge in [0.2, 0.25) is 0 Å². The molecule has 6 heteroatoms. The molecular weight excluding hydrogens is 959 g/mol. The van der Waals surface area contributed by atoms with Crippen LogP contribution >= 0.6 is 0 Å². The molecule has 2 atom stereocenters. The molecule has 11 aromatic carbocycles. The SMILES string of the molecule is Fc1ccc(-c2ccc(N(c3ccc(-c4ccc(N(c5ccc(-c6ccc(F)cc6)cc5)c5ccc6c(c5)c5ccccc5n6-c5ccccc5)cc4)cc3)c3ccc4c(c3)C3C=CC=CC3N4c3ccccc3)cc2)cc1. The number of fused-ring (bicyclic) bond motifs is 6. The Bertz CT molecular complexity index is 4190. The highest BCUT2D eigenvalue weighted by Crippen LogP contribution is 2.50. The second-order valence-electron chi connectivity index (χ2n) is 20.0. The van der Waals surface area contributed by atoms with Crippen LogP contribution in [0.25, 0.3) is 60.9 Å². The number of rotatable bonds is 11. The van der Waals surface area contributed by atoms with E-state index >= 15 is 0 Å². The van der Waals surface area contributed by atoms with Crippen LogP contribution in [-0.2, 0) is 0 Å². The van der Waals surface area contributed by atoms with Crippen LogP contribution in [0.15, 0.2) is 291 Å². The van der Waals surface area contributed by atoms with E-state index < -0.39 is 0 Å². The van der Waals surface area contributed by atoms with Crippen LogP contribution in [0.2, 0.25) is 0 Å². The van der Waals surface area contributed by atoms with Crippen molar-refractivity contribution in [3.8, 4) is 39.1 Å². The van der Waals surface area contributed by atoms with E-state index in [2.05, 4.69) is 262 Å². The van der Waals surface area contributed by atoms with Gasteiger partial charge in [-0.2, -0.15) is 0 Å². The maximum absolute atomic E-state index is 13.9. The fraction of sp³-hybridized carbons (Fsp3) is 0.0278. The van der Waals surface area contributed by atoms with Crippen molar-refractivity contribution in [3.63, 3.8) is 0 Å². The summed E-state index contributed by atoms with van der Waals surface area (Å²) in [7, 11) is 0. The number of benzene rings is 11. The van der Waals surface area contributed by atoms with E-state index in [4.69, 9.17) is 0 Å². The molecular formula is C72H50F2N4. The van der Waals surface area contributed by atoms with E-state index in [9.17, 15) is 8.78 Å². The third kappa shape index (κ3) is 8.41. The molecule has 2 heterocycles. The van der Waals surface area contributed by atoms with Crippen LogP contribution < -0.4 is 14.7 Å². The molecule has 14 rings (SSSR count). The van der Waals surface area contributed by atoms with Crippen molar-refractivity contribution in [1.29, 1.82) is 0 Å². The topological polar surface area (TPSA) is 14.7 Å². The maximum Gasteiger partial charge on any atom is 0.123 e. The summed E-state index contributed by atoms with van der Waals surface area (Å²) in [6.45, 7) is 0. The third-order valence-corrected chi connectivity index (χ3v) is 15.4. The van der Waals surface area contributed by atoms with Crippen LogP contribution in [0.4, 0.5) is 54.3 Å². The number of anilines is 8. The Morgan fingerprint density at radius 3 is 1.23 bits per heavy atom. The zero-order valence-electron chi connectivity index (χ0n) is 42.4. The van der Waals surface area contributed by atoms with Gasteiger partial charge in [0.1, 0.15) is 11.6 Å². The number of halogens is 2. The van der Waals surface area contributed by atoms with Crippen molar-refractivity contribution in [2.45, 2.75) is 12.0 Å². The summed E-state index contributed by atoms with van der Waals surface area (Å²) in [5.74, 6) is -0.309. The van der Waals surface area contributed by atoms with E-state index in [0.29, 0.717) is 0 Å². The first-order valence-corrected chi connectivity index (χ1v) is 26.4. The van der Waals surface area contributed by atoms with Gasteiger partial charge < -0.3 is 19.3 Å². The Labute approximate surface area is 452 Å². The van der Waals surface area contributed by atoms with Crippen LogP contribution in [0.5, 0.6) is 0 Å². The third-order valence-electron chi connectivity index (χ3n) is 15.4. The fourth-order valence-electron chi connectivity index (χ4n) is 11.7. The van der Waals surface area contributed by atoms with Crippen molar-refractivity contribution >= 4 is 67.3 Å². The normalized spacial score (nSPS) is 14.4. The molecule has 12 aromatic rings. The van der Waals surface area contributed by atoms with E-state index in [1.54, 1.807) is 0 Å². The van der Waals surface area contributed by atoms with Gasteiger partial charge in [-0.25, -0.2) is 8.78 Å². The lowest BCUT2D eigenvalue weighted by Crippen LogP contribution is -2.28. The Hall–Kier alpha value is -10.0. The van der Waals surface area contributed by atoms with Crippen LogP contribution in [0.1, 0.15) is 11.5 Å². The Morgan fingerprint density at radius 1 is 0.321 bits per heavy atom. The van der Waals surface area contributed by atoms with Gasteiger partial charge in [0.15, 0.2) is 0 Å². The first-order valence-electron chi connectivity index (χ1n) is 26.4. The molecule has 0 amide bonds. The summed E-state index contributed by atoms with van der Waals surface area (Å²) in [5.41, 5.74) is 19.3. The van der Waals surface area contributed by atoms with Crippen molar-refractivity contribution in [3.05, 3.63) is 308 Å². The quantitative estimate of drug-likeness (QED) is 0.128. The van der Waals surface area contributed by atoms with Crippen molar-refractivity contribution in [2.75, 3.05) is 14.7 Å². The average molecular weight is 1010 g/mol. The molecule has 1 aromatic heterocycles. The molecule has 1 aliphatic heterocycles. The minimum absolute atomic E-state index is 0.175. The number of nitrogens with zero attached hydrogens (tertiary/aromatic N) is 4. The van der Waals surface area contributed by atoms with Gasteiger partial charge in [-0.1, -0.05) is 152 Å². The minimum Gasteiger partial charge on any atom is -0.333 e. The minimum atomic E-state index is -0.252. The van der Waals surface area contributed by atoms with Crippen LogP contribution in [0.3, 0.4) is 0 Å². The van der Waals surface area contributed by atoms with Crippen LogP contribution in [-0.4, -0.2) is 10.6 Å². The number of hydrogen-bond donors (Lipinski definition) is 0. The van der Waals surface area contributed by atoms with Crippen molar-refractivity contribution < 1.29 is 8.78 Å². The molecule has 0 saturated heterocycles.